The highest BCUT2D eigenvalue weighted by molar-refractivity contribution is 7.15. The second-order valence-electron chi connectivity index (χ2n) is 8.29. The minimum atomic E-state index is -4.92. The number of hydrogen-bond acceptors (Lipinski definition) is 6. The number of thiazole rings is 1. The molecule has 0 spiro atoms. The van der Waals surface area contributed by atoms with E-state index in [2.05, 4.69) is 15.6 Å². The predicted octanol–water partition coefficient (Wildman–Crippen LogP) is 5.16. The molecule has 0 aliphatic carbocycles. The molecule has 13 heteroatoms. The molecule has 1 heterocycles. The van der Waals surface area contributed by atoms with Crippen molar-refractivity contribution in [1.29, 1.82) is 0 Å². The molecular weight excluding hydrogens is 557 g/mol. The van der Waals surface area contributed by atoms with E-state index < -0.39 is 18.0 Å². The van der Waals surface area contributed by atoms with Crippen molar-refractivity contribution in [3.63, 3.8) is 0 Å². The van der Waals surface area contributed by atoms with Gasteiger partial charge < -0.3 is 15.4 Å². The Balaban J connectivity index is 1.57. The summed E-state index contributed by atoms with van der Waals surface area (Å²) in [5.74, 6) is -2.25. The van der Waals surface area contributed by atoms with Gasteiger partial charge in [0.05, 0.1) is 17.8 Å². The van der Waals surface area contributed by atoms with E-state index in [4.69, 9.17) is 16.3 Å². The minimum Gasteiger partial charge on any atom is -0.495 e. The number of alkyl halides is 3. The maximum Gasteiger partial charge on any atom is 0.471 e. The highest BCUT2D eigenvalue weighted by Gasteiger charge is 2.38. The van der Waals surface area contributed by atoms with Crippen molar-refractivity contribution in [3.05, 3.63) is 74.7 Å². The molecule has 39 heavy (non-hydrogen) atoms. The van der Waals surface area contributed by atoms with E-state index >= 15 is 0 Å². The van der Waals surface area contributed by atoms with Crippen LogP contribution in [0.5, 0.6) is 5.75 Å². The van der Waals surface area contributed by atoms with E-state index in [0.717, 1.165) is 4.88 Å². The Hall–Kier alpha value is -3.64. The first-order chi connectivity index (χ1) is 18.5. The summed E-state index contributed by atoms with van der Waals surface area (Å²) in [6.07, 6.45) is -3.67. The summed E-state index contributed by atoms with van der Waals surface area (Å²) >= 11 is 7.37. The third-order valence-electron chi connectivity index (χ3n) is 5.51. The molecule has 0 bridgehead atoms. The molecule has 0 radical (unpaired) electrons. The van der Waals surface area contributed by atoms with E-state index in [9.17, 15) is 27.6 Å². The monoisotopic (exact) mass is 582 g/mol. The van der Waals surface area contributed by atoms with E-state index in [-0.39, 0.29) is 25.4 Å². The van der Waals surface area contributed by atoms with Crippen molar-refractivity contribution >= 4 is 45.8 Å². The van der Waals surface area contributed by atoms with Gasteiger partial charge in [0.25, 0.3) is 11.8 Å². The van der Waals surface area contributed by atoms with Crippen LogP contribution in [-0.2, 0) is 24.2 Å². The lowest BCUT2D eigenvalue weighted by atomic mass is 10.1. The number of halogens is 4. The molecule has 8 nitrogen and oxygen atoms in total. The highest BCUT2D eigenvalue weighted by atomic mass is 35.5. The molecule has 0 aliphatic rings. The zero-order chi connectivity index (χ0) is 28.6. The molecule has 2 aromatic carbocycles. The molecule has 0 saturated heterocycles. The van der Waals surface area contributed by atoms with Crippen molar-refractivity contribution < 1.29 is 32.3 Å². The van der Waals surface area contributed by atoms with Gasteiger partial charge in [0.15, 0.2) is 5.13 Å². The molecule has 0 aliphatic heterocycles. The van der Waals surface area contributed by atoms with Crippen LogP contribution in [-0.4, -0.2) is 42.5 Å². The normalized spacial score (nSPS) is 11.1. The molecule has 0 unspecified atom stereocenters. The molecule has 3 N–H and O–H groups in total. The molecular formula is C26H26ClF3N4O4S. The molecule has 1 aromatic heterocycles. The fourth-order valence-corrected chi connectivity index (χ4v) is 4.75. The van der Waals surface area contributed by atoms with Crippen molar-refractivity contribution in [3.8, 4) is 5.75 Å². The summed E-state index contributed by atoms with van der Waals surface area (Å²) in [6.45, 7) is 1.94. The Morgan fingerprint density at radius 1 is 1.05 bits per heavy atom. The van der Waals surface area contributed by atoms with Crippen LogP contribution in [0.2, 0.25) is 5.02 Å². The quantitative estimate of drug-likeness (QED) is 0.271. The van der Waals surface area contributed by atoms with E-state index in [0.29, 0.717) is 51.1 Å². The maximum absolute atomic E-state index is 12.8. The first-order valence-corrected chi connectivity index (χ1v) is 13.1. The minimum absolute atomic E-state index is 0.143. The van der Waals surface area contributed by atoms with Crippen molar-refractivity contribution in [2.45, 2.75) is 38.9 Å². The van der Waals surface area contributed by atoms with Crippen molar-refractivity contribution in [2.24, 2.45) is 0 Å². The van der Waals surface area contributed by atoms with Crippen LogP contribution in [0.4, 0.5) is 18.3 Å². The van der Waals surface area contributed by atoms with Crippen LogP contribution in [0.1, 0.15) is 50.2 Å². The molecule has 0 saturated carbocycles. The smallest absolute Gasteiger partial charge is 0.471 e. The number of methoxy groups -OCH3 is 1. The number of nitrogens with one attached hydrogen (secondary N) is 3. The zero-order valence-electron chi connectivity index (χ0n) is 21.1. The maximum atomic E-state index is 12.8. The Morgan fingerprint density at radius 3 is 2.46 bits per heavy atom. The second kappa shape index (κ2) is 13.4. The van der Waals surface area contributed by atoms with E-state index in [1.165, 1.54) is 24.5 Å². The summed E-state index contributed by atoms with van der Waals surface area (Å²) in [5, 5.41) is 8.05. The number of amides is 3. The van der Waals surface area contributed by atoms with Gasteiger partial charge in [-0.3, -0.25) is 19.7 Å². The average Bonchev–Trinajstić information content (AvgIpc) is 3.30. The summed E-state index contributed by atoms with van der Waals surface area (Å²) in [4.78, 5) is 41.6. The molecule has 3 amide bonds. The van der Waals surface area contributed by atoms with Crippen LogP contribution < -0.4 is 20.7 Å². The fraction of sp³-hybridized carbons (Fsp3) is 0.308. The number of hydrogen-bond donors (Lipinski definition) is 3. The summed E-state index contributed by atoms with van der Waals surface area (Å²) in [7, 11) is 1.48. The summed E-state index contributed by atoms with van der Waals surface area (Å²) < 4.78 is 42.0. The van der Waals surface area contributed by atoms with Gasteiger partial charge in [-0.2, -0.15) is 13.2 Å². The third kappa shape index (κ3) is 8.42. The van der Waals surface area contributed by atoms with Gasteiger partial charge in [0.2, 0.25) is 0 Å². The Labute approximate surface area is 231 Å². The number of carbonyl (C=O) groups is 3. The number of anilines is 1. The van der Waals surface area contributed by atoms with E-state index in [1.807, 2.05) is 12.2 Å². The van der Waals surface area contributed by atoms with Crippen molar-refractivity contribution in [2.75, 3.05) is 19.0 Å². The largest absolute Gasteiger partial charge is 0.495 e. The van der Waals surface area contributed by atoms with Gasteiger partial charge in [0.1, 0.15) is 5.75 Å². The number of ether oxygens (including phenoxy) is 1. The molecule has 0 atom stereocenters. The Bertz CT molecular complexity index is 1350. The molecule has 0 fully saturated rings. The SMILES string of the molecule is CCc1sc(NC(=O)c2cccc(CNC(=O)c3ccc(OC)c(Cl)c3)c2)nc1CCCNC(=O)C(F)(F)F. The molecule has 208 valence electrons. The number of carbonyl (C=O) groups excluding carboxylic acids is 3. The summed E-state index contributed by atoms with van der Waals surface area (Å²) in [6, 6.07) is 11.4. The zero-order valence-corrected chi connectivity index (χ0v) is 22.6. The number of nitrogens with zero attached hydrogens (tertiary/aromatic N) is 1. The van der Waals surface area contributed by atoms with Gasteiger partial charge in [-0.1, -0.05) is 30.7 Å². The van der Waals surface area contributed by atoms with Crippen LogP contribution in [0, 0.1) is 0 Å². The third-order valence-corrected chi connectivity index (χ3v) is 6.96. The van der Waals surface area contributed by atoms with Crippen LogP contribution >= 0.6 is 22.9 Å². The molecule has 3 rings (SSSR count). The second-order valence-corrected chi connectivity index (χ2v) is 9.78. The standard InChI is InChI=1S/C26H26ClF3N4O4S/c1-3-21-19(8-5-11-31-24(37)26(28,29)30)33-25(39-21)34-23(36)16-7-4-6-15(12-16)14-32-22(35)17-9-10-20(38-2)18(27)13-17/h4,6-7,9-10,12-13H,3,5,8,11,14H2,1-2H3,(H,31,37)(H,32,35)(H,33,34,36). The number of rotatable bonds is 11. The van der Waals surface area contributed by atoms with Gasteiger partial charge in [-0.25, -0.2) is 4.98 Å². The Kier molecular flexibility index (Phi) is 10.3. The van der Waals surface area contributed by atoms with Gasteiger partial charge in [0, 0.05) is 29.1 Å². The van der Waals surface area contributed by atoms with Gasteiger partial charge >= 0.3 is 12.1 Å². The van der Waals surface area contributed by atoms with Crippen LogP contribution in [0.15, 0.2) is 42.5 Å². The first-order valence-electron chi connectivity index (χ1n) is 11.9. The lowest BCUT2D eigenvalue weighted by Crippen LogP contribution is -2.37. The highest BCUT2D eigenvalue weighted by Crippen LogP contribution is 2.26. The molecule has 3 aromatic rings. The topological polar surface area (TPSA) is 109 Å². The van der Waals surface area contributed by atoms with Crippen LogP contribution in [0.3, 0.4) is 0 Å². The lowest BCUT2D eigenvalue weighted by Gasteiger charge is -2.09. The Morgan fingerprint density at radius 2 is 1.79 bits per heavy atom. The lowest BCUT2D eigenvalue weighted by molar-refractivity contribution is -0.173. The number of aromatic nitrogens is 1. The van der Waals surface area contributed by atoms with Crippen LogP contribution in [0.25, 0.3) is 0 Å². The average molecular weight is 583 g/mol. The number of aryl methyl sites for hydroxylation is 2. The van der Waals surface area contributed by atoms with E-state index in [1.54, 1.807) is 36.4 Å². The van der Waals surface area contributed by atoms with Gasteiger partial charge in [-0.15, -0.1) is 11.3 Å². The van der Waals surface area contributed by atoms with Gasteiger partial charge in [-0.05, 0) is 55.2 Å². The van der Waals surface area contributed by atoms with Crippen molar-refractivity contribution in [1.82, 2.24) is 15.6 Å². The predicted molar refractivity (Wildman–Crippen MR) is 142 cm³/mol. The summed E-state index contributed by atoms with van der Waals surface area (Å²) in [5.41, 5.74) is 2.09. The number of benzene rings is 2. The first kappa shape index (κ1) is 29.9. The fourth-order valence-electron chi connectivity index (χ4n) is 3.55.